The largest absolute Gasteiger partial charge is 0.518 e. The van der Waals surface area contributed by atoms with Gasteiger partial charge in [-0.15, -0.1) is 0 Å². The highest BCUT2D eigenvalue weighted by Gasteiger charge is 2.02. The van der Waals surface area contributed by atoms with Gasteiger partial charge < -0.3 is 9.47 Å². The lowest BCUT2D eigenvalue weighted by atomic mass is 10.1. The van der Waals surface area contributed by atoms with Crippen LogP contribution in [0.1, 0.15) is 66.2 Å². The predicted octanol–water partition coefficient (Wildman–Crippen LogP) is 5.33. The number of ether oxygens (including phenoxy) is 2. The Morgan fingerprint density at radius 2 is 1.22 bits per heavy atom. The van der Waals surface area contributed by atoms with Gasteiger partial charge in [0, 0.05) is 0 Å². The molecule has 0 aliphatic carbocycles. The molecule has 0 saturated carbocycles. The fraction of sp³-hybridized carbons (Fsp3) is 0.667. The highest BCUT2D eigenvalue weighted by molar-refractivity contribution is 5.61. The number of carbonyl (C=O) groups excluding carboxylic acids is 1. The Bertz CT molecular complexity index is 262. The molecule has 104 valence electrons. The van der Waals surface area contributed by atoms with Crippen LogP contribution in [0.4, 0.5) is 4.79 Å². The van der Waals surface area contributed by atoms with Gasteiger partial charge in [-0.25, -0.2) is 4.79 Å². The Kier molecular flexibility index (Phi) is 10.1. The van der Waals surface area contributed by atoms with Crippen LogP contribution in [0.25, 0.3) is 0 Å². The molecule has 0 rings (SSSR count). The number of hydrogen-bond donors (Lipinski definition) is 0. The van der Waals surface area contributed by atoms with Crippen LogP contribution >= 0.6 is 0 Å². The Hall–Kier alpha value is -1.25. The van der Waals surface area contributed by atoms with Crippen LogP contribution in [-0.2, 0) is 9.47 Å². The van der Waals surface area contributed by atoms with Crippen LogP contribution in [0.15, 0.2) is 23.7 Å². The first-order valence-corrected chi connectivity index (χ1v) is 6.90. The van der Waals surface area contributed by atoms with Crippen molar-refractivity contribution >= 4 is 6.16 Å². The third-order valence-electron chi connectivity index (χ3n) is 2.69. The molecule has 0 aromatic rings. The number of rotatable bonds is 8. The lowest BCUT2D eigenvalue weighted by molar-refractivity contribution is 0.118. The van der Waals surface area contributed by atoms with Crippen molar-refractivity contribution < 1.29 is 14.3 Å². The van der Waals surface area contributed by atoms with E-state index in [1.165, 1.54) is 12.5 Å². The molecule has 0 saturated heterocycles. The monoisotopic (exact) mass is 254 g/mol. The summed E-state index contributed by atoms with van der Waals surface area (Å²) in [5.74, 6) is 0. The van der Waals surface area contributed by atoms with Crippen molar-refractivity contribution in [2.45, 2.75) is 66.2 Å². The zero-order valence-corrected chi connectivity index (χ0v) is 12.1. The molecule has 0 bridgehead atoms. The highest BCUT2D eigenvalue weighted by atomic mass is 16.7. The van der Waals surface area contributed by atoms with E-state index in [4.69, 9.17) is 9.47 Å². The normalized spacial score (nSPS) is 12.4. The Balaban J connectivity index is 4.17. The Morgan fingerprint density at radius 1 is 0.833 bits per heavy atom. The molecular formula is C15H26O3. The van der Waals surface area contributed by atoms with E-state index in [0.717, 1.165) is 49.7 Å². The molecule has 0 atom stereocenters. The van der Waals surface area contributed by atoms with Gasteiger partial charge in [0.1, 0.15) is 0 Å². The van der Waals surface area contributed by atoms with Crippen molar-refractivity contribution in [3.63, 3.8) is 0 Å². The lowest BCUT2D eigenvalue weighted by Gasteiger charge is -2.04. The maximum atomic E-state index is 11.4. The minimum absolute atomic E-state index is 0.654. The van der Waals surface area contributed by atoms with Crippen LogP contribution in [0.2, 0.25) is 0 Å². The maximum absolute atomic E-state index is 11.4. The molecule has 0 fully saturated rings. The average molecular weight is 254 g/mol. The molecule has 0 unspecified atom stereocenters. The summed E-state index contributed by atoms with van der Waals surface area (Å²) in [5, 5.41) is 0. The maximum Gasteiger partial charge on any atom is 0.518 e. The first-order chi connectivity index (χ1) is 8.67. The summed E-state index contributed by atoms with van der Waals surface area (Å²) in [5.41, 5.74) is 2.26. The van der Waals surface area contributed by atoms with E-state index in [2.05, 4.69) is 13.8 Å². The molecule has 3 heteroatoms. The summed E-state index contributed by atoms with van der Waals surface area (Å²) in [6, 6.07) is 0. The van der Waals surface area contributed by atoms with Gasteiger partial charge >= 0.3 is 6.16 Å². The molecule has 0 amide bonds. The van der Waals surface area contributed by atoms with Crippen molar-refractivity contribution in [3.8, 4) is 0 Å². The fourth-order valence-corrected chi connectivity index (χ4v) is 1.57. The second-order valence-electron chi connectivity index (χ2n) is 4.25. The average Bonchev–Trinajstić information content (AvgIpc) is 2.39. The van der Waals surface area contributed by atoms with Gasteiger partial charge in [-0.3, -0.25) is 0 Å². The second-order valence-corrected chi connectivity index (χ2v) is 4.25. The van der Waals surface area contributed by atoms with E-state index < -0.39 is 6.16 Å². The topological polar surface area (TPSA) is 35.5 Å². The van der Waals surface area contributed by atoms with Crippen LogP contribution in [0.5, 0.6) is 0 Å². The molecule has 0 aliphatic rings. The molecular weight excluding hydrogens is 228 g/mol. The smallest absolute Gasteiger partial charge is 0.403 e. The summed E-state index contributed by atoms with van der Waals surface area (Å²) < 4.78 is 9.91. The standard InChI is InChI=1S/C15H26O3/c1-5-9-13(7-3)11-17-15(16)18-12-14(8-4)10-6-2/h11-12H,5-10H2,1-4H3/b13-11-,14-12+. The van der Waals surface area contributed by atoms with Crippen molar-refractivity contribution in [2.24, 2.45) is 0 Å². The van der Waals surface area contributed by atoms with Crippen molar-refractivity contribution in [1.82, 2.24) is 0 Å². The van der Waals surface area contributed by atoms with Gasteiger partial charge in [-0.1, -0.05) is 40.5 Å². The SMILES string of the molecule is CCC/C(=C\OC(=O)O/C=C(\CC)CCC)CC. The third kappa shape index (κ3) is 7.93. The van der Waals surface area contributed by atoms with Gasteiger partial charge in [0.25, 0.3) is 0 Å². The second kappa shape index (κ2) is 10.9. The number of carbonyl (C=O) groups is 1. The van der Waals surface area contributed by atoms with Gasteiger partial charge in [-0.05, 0) is 36.8 Å². The van der Waals surface area contributed by atoms with Crippen molar-refractivity contribution in [3.05, 3.63) is 23.7 Å². The minimum atomic E-state index is -0.654. The first kappa shape index (κ1) is 16.8. The molecule has 0 aromatic heterocycles. The van der Waals surface area contributed by atoms with E-state index in [0.29, 0.717) is 0 Å². The van der Waals surface area contributed by atoms with Crippen LogP contribution in [-0.4, -0.2) is 6.16 Å². The van der Waals surface area contributed by atoms with E-state index >= 15 is 0 Å². The zero-order chi connectivity index (χ0) is 13.8. The Labute approximate surface area is 111 Å². The van der Waals surface area contributed by atoms with E-state index in [1.54, 1.807) is 0 Å². The summed E-state index contributed by atoms with van der Waals surface area (Å²) in [7, 11) is 0. The zero-order valence-electron chi connectivity index (χ0n) is 12.1. The molecule has 18 heavy (non-hydrogen) atoms. The molecule has 0 N–H and O–H groups in total. The quantitative estimate of drug-likeness (QED) is 0.434. The van der Waals surface area contributed by atoms with Gasteiger partial charge in [0.15, 0.2) is 0 Å². The van der Waals surface area contributed by atoms with Crippen LogP contribution in [0.3, 0.4) is 0 Å². The van der Waals surface area contributed by atoms with E-state index in [-0.39, 0.29) is 0 Å². The van der Waals surface area contributed by atoms with Crippen molar-refractivity contribution in [1.29, 1.82) is 0 Å². The molecule has 3 nitrogen and oxygen atoms in total. The molecule has 0 radical (unpaired) electrons. The predicted molar refractivity (Wildman–Crippen MR) is 74.1 cm³/mol. The van der Waals surface area contributed by atoms with Crippen molar-refractivity contribution in [2.75, 3.05) is 0 Å². The third-order valence-corrected chi connectivity index (χ3v) is 2.69. The minimum Gasteiger partial charge on any atom is -0.403 e. The summed E-state index contributed by atoms with van der Waals surface area (Å²) in [6.07, 6.45) is 8.18. The lowest BCUT2D eigenvalue weighted by Crippen LogP contribution is -2.00. The molecule has 0 spiro atoms. The van der Waals surface area contributed by atoms with E-state index in [1.807, 2.05) is 13.8 Å². The van der Waals surface area contributed by atoms with Gasteiger partial charge in [0.05, 0.1) is 12.5 Å². The fourth-order valence-electron chi connectivity index (χ4n) is 1.57. The molecule has 0 aromatic carbocycles. The number of hydrogen-bond acceptors (Lipinski definition) is 3. The highest BCUT2D eigenvalue weighted by Crippen LogP contribution is 2.11. The summed E-state index contributed by atoms with van der Waals surface area (Å²) >= 11 is 0. The number of allylic oxidation sites excluding steroid dienone is 2. The van der Waals surface area contributed by atoms with Gasteiger partial charge in [0.2, 0.25) is 0 Å². The summed E-state index contributed by atoms with van der Waals surface area (Å²) in [4.78, 5) is 11.4. The molecule has 0 heterocycles. The Morgan fingerprint density at radius 3 is 1.50 bits per heavy atom. The van der Waals surface area contributed by atoms with Gasteiger partial charge in [-0.2, -0.15) is 0 Å². The summed E-state index contributed by atoms with van der Waals surface area (Å²) in [6.45, 7) is 8.30. The first-order valence-electron chi connectivity index (χ1n) is 6.90. The molecule has 0 aliphatic heterocycles. The van der Waals surface area contributed by atoms with E-state index in [9.17, 15) is 4.79 Å². The van der Waals surface area contributed by atoms with Crippen LogP contribution in [0, 0.1) is 0 Å². The van der Waals surface area contributed by atoms with Crippen LogP contribution < -0.4 is 0 Å².